The standard InChI is InChI=1S/C13H15ClF2N2O3S.ClH/c14-9-1-3-10(4-2-9)22(20,21)6-5-17-12(19)11-7-13(15,16)8-18-11;/h1-4,11,18H,5-8H2,(H,17,19);1H. The highest BCUT2D eigenvalue weighted by molar-refractivity contribution is 7.91. The number of hydrogen-bond acceptors (Lipinski definition) is 4. The third kappa shape index (κ3) is 5.56. The van der Waals surface area contributed by atoms with Gasteiger partial charge in [-0.1, -0.05) is 11.6 Å². The maximum Gasteiger partial charge on any atom is 0.262 e. The van der Waals surface area contributed by atoms with Crippen LogP contribution < -0.4 is 10.6 Å². The average molecular weight is 389 g/mol. The molecule has 0 bridgehead atoms. The molecule has 1 atom stereocenters. The van der Waals surface area contributed by atoms with Crippen LogP contribution in [-0.2, 0) is 14.6 Å². The first kappa shape index (κ1) is 20.1. The van der Waals surface area contributed by atoms with Crippen molar-refractivity contribution in [3.63, 3.8) is 0 Å². The molecule has 1 unspecified atom stereocenters. The molecule has 0 radical (unpaired) electrons. The lowest BCUT2D eigenvalue weighted by molar-refractivity contribution is -0.123. The van der Waals surface area contributed by atoms with E-state index in [0.29, 0.717) is 5.02 Å². The van der Waals surface area contributed by atoms with E-state index in [9.17, 15) is 22.0 Å². The Hall–Kier alpha value is -0.960. The van der Waals surface area contributed by atoms with E-state index in [1.165, 1.54) is 24.3 Å². The molecule has 10 heteroatoms. The molecule has 130 valence electrons. The third-order valence-electron chi connectivity index (χ3n) is 3.27. The molecule has 1 aromatic rings. The summed E-state index contributed by atoms with van der Waals surface area (Å²) in [5, 5.41) is 5.18. The second-order valence-corrected chi connectivity index (χ2v) is 7.60. The normalized spacial score (nSPS) is 19.9. The van der Waals surface area contributed by atoms with Crippen LogP contribution in [0.4, 0.5) is 8.78 Å². The van der Waals surface area contributed by atoms with E-state index in [1.807, 2.05) is 0 Å². The van der Waals surface area contributed by atoms with E-state index in [1.54, 1.807) is 0 Å². The fourth-order valence-corrected chi connectivity index (χ4v) is 3.38. The fraction of sp³-hybridized carbons (Fsp3) is 0.462. The summed E-state index contributed by atoms with van der Waals surface area (Å²) >= 11 is 5.68. The minimum absolute atomic E-state index is 0. The number of amides is 1. The molecule has 1 amide bonds. The zero-order chi connectivity index (χ0) is 16.4. The fourth-order valence-electron chi connectivity index (χ4n) is 2.09. The molecule has 2 rings (SSSR count). The van der Waals surface area contributed by atoms with Gasteiger partial charge in [0.2, 0.25) is 5.91 Å². The molecule has 1 aliphatic heterocycles. The van der Waals surface area contributed by atoms with E-state index in [-0.39, 0.29) is 29.6 Å². The molecule has 0 spiro atoms. The molecule has 1 aromatic carbocycles. The highest BCUT2D eigenvalue weighted by Crippen LogP contribution is 2.25. The van der Waals surface area contributed by atoms with Gasteiger partial charge in [0.15, 0.2) is 9.84 Å². The van der Waals surface area contributed by atoms with Gasteiger partial charge >= 0.3 is 0 Å². The van der Waals surface area contributed by atoms with E-state index >= 15 is 0 Å². The van der Waals surface area contributed by atoms with Crippen LogP contribution in [-0.4, -0.2) is 45.1 Å². The van der Waals surface area contributed by atoms with Crippen molar-refractivity contribution in [2.24, 2.45) is 0 Å². The van der Waals surface area contributed by atoms with Gasteiger partial charge < -0.3 is 5.32 Å². The van der Waals surface area contributed by atoms with E-state index < -0.39 is 40.7 Å². The zero-order valence-corrected chi connectivity index (χ0v) is 14.3. The minimum Gasteiger partial charge on any atom is -0.354 e. The largest absolute Gasteiger partial charge is 0.354 e. The Balaban J connectivity index is 0.00000264. The monoisotopic (exact) mass is 388 g/mol. The lowest BCUT2D eigenvalue weighted by atomic mass is 10.2. The predicted molar refractivity (Wildman–Crippen MR) is 85.1 cm³/mol. The summed E-state index contributed by atoms with van der Waals surface area (Å²) in [4.78, 5) is 11.8. The molecule has 0 saturated carbocycles. The Morgan fingerprint density at radius 1 is 1.35 bits per heavy atom. The second-order valence-electron chi connectivity index (χ2n) is 5.06. The van der Waals surface area contributed by atoms with Crippen molar-refractivity contribution in [1.29, 1.82) is 0 Å². The molecular formula is C13H16Cl2F2N2O3S. The number of alkyl halides is 2. The van der Waals surface area contributed by atoms with Gasteiger partial charge in [-0.3, -0.25) is 10.1 Å². The van der Waals surface area contributed by atoms with Crippen molar-refractivity contribution in [2.45, 2.75) is 23.3 Å². The van der Waals surface area contributed by atoms with Crippen LogP contribution in [0.5, 0.6) is 0 Å². The van der Waals surface area contributed by atoms with Crippen molar-refractivity contribution in [1.82, 2.24) is 10.6 Å². The summed E-state index contributed by atoms with van der Waals surface area (Å²) in [6, 6.07) is 4.67. The lowest BCUT2D eigenvalue weighted by Crippen LogP contribution is -2.42. The van der Waals surface area contributed by atoms with Crippen molar-refractivity contribution in [3.8, 4) is 0 Å². The number of benzene rings is 1. The first-order chi connectivity index (χ1) is 10.2. The zero-order valence-electron chi connectivity index (χ0n) is 11.9. The summed E-state index contributed by atoms with van der Waals surface area (Å²) in [6.07, 6.45) is -0.581. The van der Waals surface area contributed by atoms with Crippen LogP contribution in [0.3, 0.4) is 0 Å². The number of hydrogen-bond donors (Lipinski definition) is 2. The molecule has 23 heavy (non-hydrogen) atoms. The molecule has 1 fully saturated rings. The molecule has 1 aliphatic rings. The molecular weight excluding hydrogens is 373 g/mol. The molecule has 0 aromatic heterocycles. The highest BCUT2D eigenvalue weighted by atomic mass is 35.5. The number of carbonyl (C=O) groups excluding carboxylic acids is 1. The van der Waals surface area contributed by atoms with E-state index in [4.69, 9.17) is 11.6 Å². The van der Waals surface area contributed by atoms with E-state index in [2.05, 4.69) is 10.6 Å². The number of carbonyl (C=O) groups is 1. The van der Waals surface area contributed by atoms with Gasteiger partial charge in [0.1, 0.15) is 0 Å². The summed E-state index contributed by atoms with van der Waals surface area (Å²) in [6.45, 7) is -0.693. The topological polar surface area (TPSA) is 75.3 Å². The number of rotatable bonds is 5. The van der Waals surface area contributed by atoms with Crippen molar-refractivity contribution >= 4 is 39.8 Å². The van der Waals surface area contributed by atoms with E-state index in [0.717, 1.165) is 0 Å². The maximum atomic E-state index is 13.0. The van der Waals surface area contributed by atoms with Gasteiger partial charge in [-0.2, -0.15) is 0 Å². The quantitative estimate of drug-likeness (QED) is 0.803. The van der Waals surface area contributed by atoms with Crippen LogP contribution in [0.25, 0.3) is 0 Å². The van der Waals surface area contributed by atoms with Crippen molar-refractivity contribution in [2.75, 3.05) is 18.8 Å². The highest BCUT2D eigenvalue weighted by Gasteiger charge is 2.42. The van der Waals surface area contributed by atoms with Gasteiger partial charge in [-0.25, -0.2) is 17.2 Å². The van der Waals surface area contributed by atoms with Crippen LogP contribution in [0.1, 0.15) is 6.42 Å². The summed E-state index contributed by atoms with van der Waals surface area (Å²) in [5.74, 6) is -3.84. The SMILES string of the molecule is Cl.O=C(NCCS(=O)(=O)c1ccc(Cl)cc1)C1CC(F)(F)CN1. The Morgan fingerprint density at radius 3 is 2.48 bits per heavy atom. The maximum absolute atomic E-state index is 13.0. The van der Waals surface area contributed by atoms with Crippen LogP contribution in [0, 0.1) is 0 Å². The molecule has 0 aliphatic carbocycles. The van der Waals surface area contributed by atoms with Gasteiger partial charge in [0, 0.05) is 18.0 Å². The smallest absolute Gasteiger partial charge is 0.262 e. The van der Waals surface area contributed by atoms with Gasteiger partial charge in [0.05, 0.1) is 23.2 Å². The second kappa shape index (κ2) is 7.74. The summed E-state index contributed by atoms with van der Waals surface area (Å²) in [5.41, 5.74) is 0. The Kier molecular flexibility index (Phi) is 6.76. The van der Waals surface area contributed by atoms with Crippen LogP contribution in [0.15, 0.2) is 29.2 Å². The number of nitrogens with one attached hydrogen (secondary N) is 2. The van der Waals surface area contributed by atoms with Gasteiger partial charge in [-0.05, 0) is 24.3 Å². The van der Waals surface area contributed by atoms with Gasteiger partial charge in [-0.15, -0.1) is 12.4 Å². The first-order valence-corrected chi connectivity index (χ1v) is 8.60. The Bertz CT molecular complexity index is 654. The average Bonchev–Trinajstić information content (AvgIpc) is 2.79. The molecule has 5 nitrogen and oxygen atoms in total. The molecule has 2 N–H and O–H groups in total. The predicted octanol–water partition coefficient (Wildman–Crippen LogP) is 1.65. The lowest BCUT2D eigenvalue weighted by Gasteiger charge is -2.11. The molecule has 1 heterocycles. The number of sulfone groups is 1. The minimum atomic E-state index is -3.56. The van der Waals surface area contributed by atoms with Crippen molar-refractivity contribution in [3.05, 3.63) is 29.3 Å². The summed E-state index contributed by atoms with van der Waals surface area (Å²) < 4.78 is 50.0. The van der Waals surface area contributed by atoms with Crippen LogP contribution in [0.2, 0.25) is 5.02 Å². The van der Waals surface area contributed by atoms with Gasteiger partial charge in [0.25, 0.3) is 5.92 Å². The molecule has 1 saturated heterocycles. The first-order valence-electron chi connectivity index (χ1n) is 6.57. The summed E-state index contributed by atoms with van der Waals surface area (Å²) in [7, 11) is -3.56. The Morgan fingerprint density at radius 2 is 1.96 bits per heavy atom. The van der Waals surface area contributed by atoms with Crippen LogP contribution >= 0.6 is 24.0 Å². The van der Waals surface area contributed by atoms with Crippen molar-refractivity contribution < 1.29 is 22.0 Å². The number of halogens is 4. The third-order valence-corrected chi connectivity index (χ3v) is 5.25. The Labute approximate surface area is 144 Å².